The van der Waals surface area contributed by atoms with Crippen molar-refractivity contribution in [2.45, 2.75) is 39.2 Å². The van der Waals surface area contributed by atoms with Crippen molar-refractivity contribution < 1.29 is 14.3 Å². The highest BCUT2D eigenvalue weighted by atomic mass is 16.6. The van der Waals surface area contributed by atoms with Crippen LogP contribution in [0.4, 0.5) is 10.5 Å². The van der Waals surface area contributed by atoms with E-state index in [9.17, 15) is 9.59 Å². The van der Waals surface area contributed by atoms with Crippen molar-refractivity contribution in [3.8, 4) is 6.07 Å². The number of likely N-dealkylation sites (tertiary alicyclic amines) is 1. The molecule has 1 aromatic carbocycles. The molecule has 6 nitrogen and oxygen atoms in total. The zero-order valence-electron chi connectivity index (χ0n) is 14.3. The molecule has 1 aliphatic rings. The fraction of sp³-hybridized carbons (Fsp3) is 0.500. The zero-order valence-corrected chi connectivity index (χ0v) is 14.3. The Bertz CT molecular complexity index is 650. The van der Waals surface area contributed by atoms with Gasteiger partial charge >= 0.3 is 6.09 Å². The number of carbonyl (C=O) groups is 2. The van der Waals surface area contributed by atoms with E-state index < -0.39 is 5.60 Å². The van der Waals surface area contributed by atoms with Gasteiger partial charge in [0, 0.05) is 24.7 Å². The molecular formula is C18H23N3O3. The van der Waals surface area contributed by atoms with Crippen LogP contribution >= 0.6 is 0 Å². The van der Waals surface area contributed by atoms with Crippen LogP contribution in [-0.2, 0) is 9.53 Å². The number of amides is 2. The molecule has 0 bridgehead atoms. The molecule has 0 unspecified atom stereocenters. The third-order valence-corrected chi connectivity index (χ3v) is 3.78. The van der Waals surface area contributed by atoms with Gasteiger partial charge in [0.15, 0.2) is 0 Å². The van der Waals surface area contributed by atoms with Crippen LogP contribution in [0.15, 0.2) is 24.3 Å². The van der Waals surface area contributed by atoms with Gasteiger partial charge in [-0.05, 0) is 51.8 Å². The standard InChI is InChI=1S/C18H23N3O3/c1-18(2,3)24-17(23)21-9-7-14(8-10-21)16(22)20-15-6-4-5-13(11-15)12-19/h4-6,11,14H,7-10H2,1-3H3,(H,20,22). The first-order valence-electron chi connectivity index (χ1n) is 8.07. The Morgan fingerprint density at radius 1 is 1.29 bits per heavy atom. The first kappa shape index (κ1) is 17.8. The van der Waals surface area contributed by atoms with Gasteiger partial charge in [-0.25, -0.2) is 4.79 Å². The molecule has 1 saturated heterocycles. The molecule has 128 valence electrons. The van der Waals surface area contributed by atoms with Crippen molar-refractivity contribution in [3.05, 3.63) is 29.8 Å². The van der Waals surface area contributed by atoms with Gasteiger partial charge in [0.1, 0.15) is 5.60 Å². The third kappa shape index (κ3) is 4.98. The van der Waals surface area contributed by atoms with Gasteiger partial charge < -0.3 is 15.0 Å². The largest absolute Gasteiger partial charge is 0.444 e. The first-order valence-corrected chi connectivity index (χ1v) is 8.07. The number of nitrogens with zero attached hydrogens (tertiary/aromatic N) is 2. The molecule has 6 heteroatoms. The number of nitrogens with one attached hydrogen (secondary N) is 1. The lowest BCUT2D eigenvalue weighted by atomic mass is 9.96. The summed E-state index contributed by atoms with van der Waals surface area (Å²) in [6.07, 6.45) is 0.870. The molecule has 1 fully saturated rings. The highest BCUT2D eigenvalue weighted by Crippen LogP contribution is 2.21. The van der Waals surface area contributed by atoms with Gasteiger partial charge in [-0.2, -0.15) is 5.26 Å². The topological polar surface area (TPSA) is 82.4 Å². The van der Waals surface area contributed by atoms with E-state index in [4.69, 9.17) is 10.00 Å². The Hall–Kier alpha value is -2.55. The molecule has 1 aliphatic heterocycles. The molecule has 1 aromatic rings. The third-order valence-electron chi connectivity index (χ3n) is 3.78. The Morgan fingerprint density at radius 2 is 1.96 bits per heavy atom. The lowest BCUT2D eigenvalue weighted by molar-refractivity contribution is -0.121. The zero-order chi connectivity index (χ0) is 17.7. The summed E-state index contributed by atoms with van der Waals surface area (Å²) in [6.45, 7) is 6.51. The lowest BCUT2D eigenvalue weighted by Gasteiger charge is -2.32. The Morgan fingerprint density at radius 3 is 2.54 bits per heavy atom. The van der Waals surface area contributed by atoms with Gasteiger partial charge in [0.25, 0.3) is 0 Å². The molecule has 0 atom stereocenters. The Labute approximate surface area is 142 Å². The van der Waals surface area contributed by atoms with Crippen LogP contribution < -0.4 is 5.32 Å². The summed E-state index contributed by atoms with van der Waals surface area (Å²) in [7, 11) is 0. The minimum atomic E-state index is -0.517. The average Bonchev–Trinajstić information content (AvgIpc) is 2.53. The van der Waals surface area contributed by atoms with Gasteiger partial charge in [-0.15, -0.1) is 0 Å². The van der Waals surface area contributed by atoms with E-state index >= 15 is 0 Å². The van der Waals surface area contributed by atoms with Gasteiger partial charge in [0.05, 0.1) is 11.6 Å². The molecule has 0 radical (unpaired) electrons. The Balaban J connectivity index is 1.86. The highest BCUT2D eigenvalue weighted by molar-refractivity contribution is 5.92. The number of ether oxygens (including phenoxy) is 1. The lowest BCUT2D eigenvalue weighted by Crippen LogP contribution is -2.43. The van der Waals surface area contributed by atoms with Crippen molar-refractivity contribution in [1.82, 2.24) is 4.90 Å². The molecule has 0 aromatic heterocycles. The number of piperidine rings is 1. The normalized spacial score (nSPS) is 15.5. The molecule has 2 amide bonds. The second-order valence-corrected chi connectivity index (χ2v) is 6.92. The summed E-state index contributed by atoms with van der Waals surface area (Å²) in [5.74, 6) is -0.219. The Kier molecular flexibility index (Phi) is 5.45. The van der Waals surface area contributed by atoms with Crippen molar-refractivity contribution >= 4 is 17.7 Å². The highest BCUT2D eigenvalue weighted by Gasteiger charge is 2.29. The number of carbonyl (C=O) groups excluding carboxylic acids is 2. The molecule has 0 aliphatic carbocycles. The van der Waals surface area contributed by atoms with E-state index in [0.717, 1.165) is 0 Å². The summed E-state index contributed by atoms with van der Waals surface area (Å²) in [6, 6.07) is 8.88. The molecule has 0 saturated carbocycles. The van der Waals surface area contributed by atoms with Gasteiger partial charge in [0.2, 0.25) is 5.91 Å². The van der Waals surface area contributed by atoms with E-state index in [-0.39, 0.29) is 17.9 Å². The van der Waals surface area contributed by atoms with E-state index in [1.54, 1.807) is 29.2 Å². The maximum Gasteiger partial charge on any atom is 0.410 e. The summed E-state index contributed by atoms with van der Waals surface area (Å²) in [5.41, 5.74) is 0.609. The SMILES string of the molecule is CC(C)(C)OC(=O)N1CCC(C(=O)Nc2cccc(C#N)c2)CC1. The fourth-order valence-electron chi connectivity index (χ4n) is 2.56. The number of rotatable bonds is 2. The second kappa shape index (κ2) is 7.35. The molecule has 2 rings (SSSR count). The van der Waals surface area contributed by atoms with Crippen LogP contribution in [0, 0.1) is 17.2 Å². The van der Waals surface area contributed by atoms with Crippen molar-refractivity contribution in [2.24, 2.45) is 5.92 Å². The predicted molar refractivity (Wildman–Crippen MR) is 90.3 cm³/mol. The second-order valence-electron chi connectivity index (χ2n) is 6.92. The van der Waals surface area contributed by atoms with E-state index in [1.165, 1.54) is 0 Å². The van der Waals surface area contributed by atoms with E-state index in [0.29, 0.717) is 37.2 Å². The number of nitriles is 1. The number of anilines is 1. The van der Waals surface area contributed by atoms with E-state index in [1.807, 2.05) is 26.8 Å². The van der Waals surface area contributed by atoms with Crippen molar-refractivity contribution in [2.75, 3.05) is 18.4 Å². The number of hydrogen-bond acceptors (Lipinski definition) is 4. The summed E-state index contributed by atoms with van der Waals surface area (Å²) in [4.78, 5) is 26.0. The van der Waals surface area contributed by atoms with Crippen LogP contribution in [0.1, 0.15) is 39.2 Å². The van der Waals surface area contributed by atoms with Crippen molar-refractivity contribution in [3.63, 3.8) is 0 Å². The van der Waals surface area contributed by atoms with Crippen LogP contribution in [0.25, 0.3) is 0 Å². The summed E-state index contributed by atoms with van der Waals surface area (Å²) in [5, 5.41) is 11.7. The minimum Gasteiger partial charge on any atom is -0.444 e. The minimum absolute atomic E-state index is 0.0751. The molecule has 24 heavy (non-hydrogen) atoms. The summed E-state index contributed by atoms with van der Waals surface area (Å²) < 4.78 is 5.35. The molecular weight excluding hydrogens is 306 g/mol. The predicted octanol–water partition coefficient (Wildman–Crippen LogP) is 3.14. The smallest absolute Gasteiger partial charge is 0.410 e. The summed E-state index contributed by atoms with van der Waals surface area (Å²) >= 11 is 0. The molecule has 1 N–H and O–H groups in total. The maximum atomic E-state index is 12.3. The fourth-order valence-corrected chi connectivity index (χ4v) is 2.56. The molecule has 1 heterocycles. The maximum absolute atomic E-state index is 12.3. The first-order chi connectivity index (χ1) is 11.3. The van der Waals surface area contributed by atoms with E-state index in [2.05, 4.69) is 5.32 Å². The van der Waals surface area contributed by atoms with Crippen LogP contribution in [-0.4, -0.2) is 35.6 Å². The van der Waals surface area contributed by atoms with Crippen LogP contribution in [0.5, 0.6) is 0 Å². The average molecular weight is 329 g/mol. The number of hydrogen-bond donors (Lipinski definition) is 1. The number of benzene rings is 1. The van der Waals surface area contributed by atoms with Crippen LogP contribution in [0.3, 0.4) is 0 Å². The van der Waals surface area contributed by atoms with Gasteiger partial charge in [-0.3, -0.25) is 4.79 Å². The monoisotopic (exact) mass is 329 g/mol. The van der Waals surface area contributed by atoms with Crippen molar-refractivity contribution in [1.29, 1.82) is 5.26 Å². The quantitative estimate of drug-likeness (QED) is 0.903. The van der Waals surface area contributed by atoms with Crippen LogP contribution in [0.2, 0.25) is 0 Å². The van der Waals surface area contributed by atoms with Gasteiger partial charge in [-0.1, -0.05) is 6.07 Å². The molecule has 0 spiro atoms.